The number of methoxy groups -OCH3 is 4. The molecule has 35 heavy (non-hydrogen) atoms. The van der Waals surface area contributed by atoms with E-state index in [1.165, 1.54) is 0 Å². The van der Waals surface area contributed by atoms with Crippen LogP contribution in [0.1, 0.15) is 39.5 Å². The van der Waals surface area contributed by atoms with Gasteiger partial charge in [-0.25, -0.2) is 19.2 Å². The van der Waals surface area contributed by atoms with Crippen molar-refractivity contribution in [3.63, 3.8) is 0 Å². The fourth-order valence-corrected chi connectivity index (χ4v) is 3.43. The molecular formula is C23H30N2O10. The summed E-state index contributed by atoms with van der Waals surface area (Å²) in [5.41, 5.74) is -1.89. The molecule has 0 fully saturated rings. The van der Waals surface area contributed by atoms with E-state index in [-0.39, 0.29) is 24.9 Å². The smallest absolute Gasteiger partial charge is 0.344 e. The summed E-state index contributed by atoms with van der Waals surface area (Å²) in [6.45, 7) is 4.34. The summed E-state index contributed by atoms with van der Waals surface area (Å²) in [4.78, 5) is 60.1. The molecule has 1 spiro atoms. The minimum atomic E-state index is -2.44. The molecule has 0 amide bonds. The van der Waals surface area contributed by atoms with Crippen molar-refractivity contribution in [1.29, 1.82) is 0 Å². The van der Waals surface area contributed by atoms with E-state index in [4.69, 9.17) is 28.4 Å². The van der Waals surface area contributed by atoms with Crippen LogP contribution in [0.25, 0.3) is 0 Å². The monoisotopic (exact) mass is 494 g/mol. The molecule has 0 aromatic heterocycles. The average Bonchev–Trinajstić information content (AvgIpc) is 3.36. The number of esters is 4. The molecule has 0 saturated carbocycles. The second kappa shape index (κ2) is 12.1. The summed E-state index contributed by atoms with van der Waals surface area (Å²) in [6, 6.07) is 0. The van der Waals surface area contributed by atoms with Gasteiger partial charge in [-0.2, -0.15) is 0 Å². The van der Waals surface area contributed by atoms with E-state index in [0.29, 0.717) is 12.8 Å². The topological polar surface area (TPSA) is 148 Å². The van der Waals surface area contributed by atoms with Crippen LogP contribution in [0.4, 0.5) is 0 Å². The minimum absolute atomic E-state index is 0.232. The molecule has 0 N–H and O–H groups in total. The maximum atomic E-state index is 13.0. The molecule has 2 rings (SSSR count). The Balaban J connectivity index is 2.95. The first-order valence-electron chi connectivity index (χ1n) is 11.1. The van der Waals surface area contributed by atoms with Crippen molar-refractivity contribution in [3.05, 3.63) is 22.3 Å². The van der Waals surface area contributed by atoms with Crippen LogP contribution in [0.2, 0.25) is 0 Å². The third kappa shape index (κ3) is 5.20. The maximum absolute atomic E-state index is 13.0. The quantitative estimate of drug-likeness (QED) is 0.248. The number of ether oxygens (including phenoxy) is 6. The first kappa shape index (κ1) is 27.5. The van der Waals surface area contributed by atoms with E-state index >= 15 is 0 Å². The van der Waals surface area contributed by atoms with Crippen molar-refractivity contribution in [2.45, 2.75) is 45.3 Å². The zero-order chi connectivity index (χ0) is 26.2. The molecule has 0 aromatic carbocycles. The largest absolute Gasteiger partial charge is 0.465 e. The number of rotatable bonds is 10. The number of carbonyl (C=O) groups excluding carboxylic acids is 4. The molecule has 192 valence electrons. The van der Waals surface area contributed by atoms with Gasteiger partial charge in [-0.1, -0.05) is 26.7 Å². The van der Waals surface area contributed by atoms with Gasteiger partial charge in [0.1, 0.15) is 22.3 Å². The predicted molar refractivity (Wildman–Crippen MR) is 121 cm³/mol. The zero-order valence-corrected chi connectivity index (χ0v) is 20.7. The molecule has 2 aliphatic rings. The van der Waals surface area contributed by atoms with E-state index in [1.807, 2.05) is 13.8 Å². The van der Waals surface area contributed by atoms with Gasteiger partial charge in [0.25, 0.3) is 0 Å². The van der Waals surface area contributed by atoms with Crippen LogP contribution >= 0.6 is 0 Å². The highest BCUT2D eigenvalue weighted by Crippen LogP contribution is 2.47. The molecule has 0 saturated heterocycles. The average molecular weight is 494 g/mol. The van der Waals surface area contributed by atoms with Gasteiger partial charge in [0.2, 0.25) is 11.8 Å². The number of hydrogen-bond acceptors (Lipinski definition) is 12. The van der Waals surface area contributed by atoms with Crippen molar-refractivity contribution >= 4 is 35.7 Å². The van der Waals surface area contributed by atoms with Crippen molar-refractivity contribution in [3.8, 4) is 0 Å². The van der Waals surface area contributed by atoms with E-state index in [9.17, 15) is 19.2 Å². The SMILES string of the molecule is CCCCN=C1OC2(OC(=NCCCC)C(C(=O)OC)=C2C(=O)OC)C(C(=O)OC)=C1C(=O)OC. The Labute approximate surface area is 202 Å². The molecule has 0 unspecified atom stereocenters. The van der Waals surface area contributed by atoms with Crippen molar-refractivity contribution in [1.82, 2.24) is 0 Å². The van der Waals surface area contributed by atoms with Gasteiger partial charge in [-0.05, 0) is 12.8 Å². The Morgan fingerprint density at radius 1 is 0.657 bits per heavy atom. The lowest BCUT2D eigenvalue weighted by Crippen LogP contribution is -2.41. The van der Waals surface area contributed by atoms with Crippen LogP contribution in [-0.4, -0.2) is 83.0 Å². The number of hydrogen-bond donors (Lipinski definition) is 0. The summed E-state index contributed by atoms with van der Waals surface area (Å²) < 4.78 is 31.3. The standard InChI is InChI=1S/C23H30N2O10/c1-7-9-11-24-17-13(19(26)30-3)15(21(28)32-5)23(34-17)16(22(29)33-6)14(20(27)31-4)18(35-23)25-12-10-8-2/h7-12H2,1-6H3. The van der Waals surface area contributed by atoms with Crippen molar-refractivity contribution in [2.75, 3.05) is 41.5 Å². The first-order chi connectivity index (χ1) is 16.8. The molecule has 12 heteroatoms. The van der Waals surface area contributed by atoms with Crippen LogP contribution in [0.15, 0.2) is 32.3 Å². The van der Waals surface area contributed by atoms with E-state index < -0.39 is 52.0 Å². The third-order valence-electron chi connectivity index (χ3n) is 5.16. The van der Waals surface area contributed by atoms with E-state index in [0.717, 1.165) is 41.3 Å². The van der Waals surface area contributed by atoms with E-state index in [2.05, 4.69) is 9.98 Å². The second-order valence-corrected chi connectivity index (χ2v) is 7.37. The molecule has 0 aromatic rings. The normalized spacial score (nSPS) is 21.3. The van der Waals surface area contributed by atoms with Gasteiger partial charge in [0, 0.05) is 13.1 Å². The zero-order valence-electron chi connectivity index (χ0n) is 20.7. The summed E-state index contributed by atoms with van der Waals surface area (Å²) in [7, 11) is 4.34. The Bertz CT molecular complexity index is 926. The van der Waals surface area contributed by atoms with Gasteiger partial charge >= 0.3 is 29.7 Å². The molecule has 2 heterocycles. The Hall–Kier alpha value is -3.70. The Kier molecular flexibility index (Phi) is 9.55. The fraction of sp³-hybridized carbons (Fsp3) is 0.565. The highest BCUT2D eigenvalue weighted by molar-refractivity contribution is 6.29. The summed E-state index contributed by atoms with van der Waals surface area (Å²) in [6.07, 6.45) is 2.85. The lowest BCUT2D eigenvalue weighted by Gasteiger charge is -2.26. The third-order valence-corrected chi connectivity index (χ3v) is 5.16. The van der Waals surface area contributed by atoms with E-state index in [1.54, 1.807) is 0 Å². The molecule has 0 aliphatic carbocycles. The number of aliphatic imine (C=N–C) groups is 2. The Morgan fingerprint density at radius 3 is 1.29 bits per heavy atom. The molecular weight excluding hydrogens is 464 g/mol. The molecule has 12 nitrogen and oxygen atoms in total. The predicted octanol–water partition coefficient (Wildman–Crippen LogP) is 1.43. The summed E-state index contributed by atoms with van der Waals surface area (Å²) >= 11 is 0. The van der Waals surface area contributed by atoms with Crippen LogP contribution in [0.3, 0.4) is 0 Å². The van der Waals surface area contributed by atoms with Gasteiger partial charge in [0.05, 0.1) is 28.4 Å². The fourth-order valence-electron chi connectivity index (χ4n) is 3.43. The van der Waals surface area contributed by atoms with Gasteiger partial charge < -0.3 is 28.4 Å². The van der Waals surface area contributed by atoms with Crippen LogP contribution in [0.5, 0.6) is 0 Å². The number of unbranched alkanes of at least 4 members (excludes halogenated alkanes) is 2. The van der Waals surface area contributed by atoms with Gasteiger partial charge in [-0.15, -0.1) is 0 Å². The second-order valence-electron chi connectivity index (χ2n) is 7.37. The van der Waals surface area contributed by atoms with Crippen LogP contribution in [-0.2, 0) is 47.6 Å². The number of nitrogens with zero attached hydrogens (tertiary/aromatic N) is 2. The van der Waals surface area contributed by atoms with Crippen LogP contribution in [0, 0.1) is 0 Å². The Morgan fingerprint density at radius 2 is 1.00 bits per heavy atom. The van der Waals surface area contributed by atoms with Crippen molar-refractivity contribution < 1.29 is 47.6 Å². The summed E-state index contributed by atoms with van der Waals surface area (Å²) in [5.74, 6) is -7.19. The minimum Gasteiger partial charge on any atom is -0.465 e. The highest BCUT2D eigenvalue weighted by atomic mass is 16.7. The van der Waals surface area contributed by atoms with Gasteiger partial charge in [-0.3, -0.25) is 9.98 Å². The number of carbonyl (C=O) groups is 4. The summed E-state index contributed by atoms with van der Waals surface area (Å²) in [5, 5.41) is 0. The van der Waals surface area contributed by atoms with Crippen molar-refractivity contribution in [2.24, 2.45) is 9.98 Å². The lowest BCUT2D eigenvalue weighted by molar-refractivity contribution is -0.148. The molecule has 0 bridgehead atoms. The molecule has 0 atom stereocenters. The maximum Gasteiger partial charge on any atom is 0.344 e. The highest BCUT2D eigenvalue weighted by Gasteiger charge is 2.65. The first-order valence-corrected chi connectivity index (χ1v) is 11.1. The molecule has 2 aliphatic heterocycles. The lowest BCUT2D eigenvalue weighted by atomic mass is 9.93. The van der Waals surface area contributed by atoms with Gasteiger partial charge in [0.15, 0.2) is 0 Å². The molecule has 0 radical (unpaired) electrons. The van der Waals surface area contributed by atoms with Crippen LogP contribution < -0.4 is 0 Å².